The molecule has 1 N–H and O–H groups in total. The van der Waals surface area contributed by atoms with Crippen molar-refractivity contribution in [1.29, 1.82) is 0 Å². The summed E-state index contributed by atoms with van der Waals surface area (Å²) in [5.41, 5.74) is 0.570. The standard InChI is InChI=1S/C16H17IN2O3/c1-11-7-8-12(22-11)10-19(2)15(20)9-18-16(21)13-5-3-4-6-14(13)17/h3-8H,9-10H2,1-2H3,(H,18,21). The topological polar surface area (TPSA) is 62.6 Å². The Kier molecular flexibility index (Phi) is 5.59. The molecule has 0 aliphatic carbocycles. The lowest BCUT2D eigenvalue weighted by molar-refractivity contribution is -0.129. The lowest BCUT2D eigenvalue weighted by Crippen LogP contribution is -2.38. The third-order valence-electron chi connectivity index (χ3n) is 3.13. The molecule has 1 heterocycles. The maximum Gasteiger partial charge on any atom is 0.252 e. The van der Waals surface area contributed by atoms with E-state index in [0.717, 1.165) is 15.1 Å². The van der Waals surface area contributed by atoms with Crippen molar-refractivity contribution in [1.82, 2.24) is 10.2 Å². The van der Waals surface area contributed by atoms with E-state index in [0.29, 0.717) is 12.1 Å². The van der Waals surface area contributed by atoms with Gasteiger partial charge in [0, 0.05) is 10.6 Å². The van der Waals surface area contributed by atoms with Gasteiger partial charge in [-0.05, 0) is 53.8 Å². The van der Waals surface area contributed by atoms with Gasteiger partial charge in [-0.2, -0.15) is 0 Å². The van der Waals surface area contributed by atoms with Crippen molar-refractivity contribution in [3.05, 3.63) is 57.1 Å². The van der Waals surface area contributed by atoms with Gasteiger partial charge >= 0.3 is 0 Å². The molecular weight excluding hydrogens is 395 g/mol. The highest BCUT2D eigenvalue weighted by molar-refractivity contribution is 14.1. The van der Waals surface area contributed by atoms with Crippen molar-refractivity contribution in [3.8, 4) is 0 Å². The Morgan fingerprint density at radius 2 is 1.95 bits per heavy atom. The van der Waals surface area contributed by atoms with Crippen molar-refractivity contribution in [2.75, 3.05) is 13.6 Å². The number of nitrogens with zero attached hydrogens (tertiary/aromatic N) is 1. The largest absolute Gasteiger partial charge is 0.464 e. The Morgan fingerprint density at radius 3 is 2.59 bits per heavy atom. The number of nitrogens with one attached hydrogen (secondary N) is 1. The maximum absolute atomic E-state index is 12.0. The second-order valence-electron chi connectivity index (χ2n) is 4.92. The molecule has 0 spiro atoms. The number of benzene rings is 1. The predicted octanol–water partition coefficient (Wildman–Crippen LogP) is 2.58. The molecular formula is C16H17IN2O3. The van der Waals surface area contributed by atoms with Crippen molar-refractivity contribution in [2.24, 2.45) is 0 Å². The number of carbonyl (C=O) groups is 2. The lowest BCUT2D eigenvalue weighted by atomic mass is 10.2. The van der Waals surface area contributed by atoms with Crippen LogP contribution >= 0.6 is 22.6 Å². The summed E-state index contributed by atoms with van der Waals surface area (Å²) in [5.74, 6) is 1.11. The number of halogens is 1. The Bertz CT molecular complexity index is 682. The number of likely N-dealkylation sites (N-methyl/N-ethyl adjacent to an activating group) is 1. The molecule has 2 aromatic rings. The van der Waals surface area contributed by atoms with Crippen molar-refractivity contribution < 1.29 is 14.0 Å². The molecule has 0 saturated carbocycles. The highest BCUT2D eigenvalue weighted by Gasteiger charge is 2.14. The zero-order valence-electron chi connectivity index (χ0n) is 12.4. The molecule has 0 unspecified atom stereocenters. The van der Waals surface area contributed by atoms with E-state index in [9.17, 15) is 9.59 Å². The maximum atomic E-state index is 12.0. The van der Waals surface area contributed by atoms with E-state index in [1.807, 2.05) is 31.2 Å². The average Bonchev–Trinajstić information content (AvgIpc) is 2.90. The van der Waals surface area contributed by atoms with Crippen LogP contribution in [0.1, 0.15) is 21.9 Å². The van der Waals surface area contributed by atoms with Gasteiger partial charge in [0.1, 0.15) is 11.5 Å². The summed E-state index contributed by atoms with van der Waals surface area (Å²) in [4.78, 5) is 25.6. The van der Waals surface area contributed by atoms with Crippen molar-refractivity contribution in [2.45, 2.75) is 13.5 Å². The van der Waals surface area contributed by atoms with E-state index < -0.39 is 0 Å². The number of hydrogen-bond acceptors (Lipinski definition) is 3. The van der Waals surface area contributed by atoms with Gasteiger partial charge < -0.3 is 14.6 Å². The van der Waals surface area contributed by atoms with Crippen LogP contribution in [-0.4, -0.2) is 30.3 Å². The summed E-state index contributed by atoms with van der Waals surface area (Å²) < 4.78 is 6.28. The zero-order chi connectivity index (χ0) is 16.1. The van der Waals surface area contributed by atoms with E-state index in [1.165, 1.54) is 4.90 Å². The van der Waals surface area contributed by atoms with Gasteiger partial charge in [0.15, 0.2) is 0 Å². The first-order valence-electron chi connectivity index (χ1n) is 6.79. The summed E-state index contributed by atoms with van der Waals surface area (Å²) in [6.07, 6.45) is 0. The minimum atomic E-state index is -0.249. The predicted molar refractivity (Wildman–Crippen MR) is 91.4 cm³/mol. The summed E-state index contributed by atoms with van der Waals surface area (Å²) in [7, 11) is 1.68. The van der Waals surface area contributed by atoms with Crippen LogP contribution in [0.2, 0.25) is 0 Å². The van der Waals surface area contributed by atoms with Gasteiger partial charge in [-0.15, -0.1) is 0 Å². The summed E-state index contributed by atoms with van der Waals surface area (Å²) in [6.45, 7) is 2.19. The number of aryl methyl sites for hydroxylation is 1. The molecule has 2 amide bonds. The summed E-state index contributed by atoms with van der Waals surface area (Å²) in [6, 6.07) is 10.9. The van der Waals surface area contributed by atoms with E-state index >= 15 is 0 Å². The number of furan rings is 1. The quantitative estimate of drug-likeness (QED) is 0.769. The molecule has 0 bridgehead atoms. The van der Waals surface area contributed by atoms with Crippen LogP contribution in [0.5, 0.6) is 0 Å². The van der Waals surface area contributed by atoms with E-state index in [-0.39, 0.29) is 18.4 Å². The van der Waals surface area contributed by atoms with Crippen LogP contribution in [-0.2, 0) is 11.3 Å². The van der Waals surface area contributed by atoms with Gasteiger partial charge in [0.05, 0.1) is 18.7 Å². The zero-order valence-corrected chi connectivity index (χ0v) is 14.6. The average molecular weight is 412 g/mol. The van der Waals surface area contributed by atoms with Gasteiger partial charge in [-0.25, -0.2) is 0 Å². The van der Waals surface area contributed by atoms with Crippen LogP contribution in [0.3, 0.4) is 0 Å². The highest BCUT2D eigenvalue weighted by Crippen LogP contribution is 2.11. The molecule has 1 aromatic heterocycles. The number of hydrogen-bond donors (Lipinski definition) is 1. The first-order valence-corrected chi connectivity index (χ1v) is 7.87. The molecule has 0 radical (unpaired) electrons. The van der Waals surface area contributed by atoms with Gasteiger partial charge in [-0.3, -0.25) is 9.59 Å². The van der Waals surface area contributed by atoms with E-state index in [2.05, 4.69) is 27.9 Å². The molecule has 2 rings (SSSR count). The lowest BCUT2D eigenvalue weighted by Gasteiger charge is -2.16. The van der Waals surface area contributed by atoms with Crippen molar-refractivity contribution >= 4 is 34.4 Å². The first-order chi connectivity index (χ1) is 10.5. The second-order valence-corrected chi connectivity index (χ2v) is 6.09. The minimum absolute atomic E-state index is 0.0417. The summed E-state index contributed by atoms with van der Waals surface area (Å²) in [5, 5.41) is 2.65. The minimum Gasteiger partial charge on any atom is -0.464 e. The normalized spacial score (nSPS) is 10.3. The molecule has 0 saturated heterocycles. The smallest absolute Gasteiger partial charge is 0.252 e. The number of amides is 2. The molecule has 5 nitrogen and oxygen atoms in total. The Hall–Kier alpha value is -1.83. The van der Waals surface area contributed by atoms with Gasteiger partial charge in [-0.1, -0.05) is 12.1 Å². The molecule has 22 heavy (non-hydrogen) atoms. The highest BCUT2D eigenvalue weighted by atomic mass is 127. The van der Waals surface area contributed by atoms with Crippen LogP contribution in [0, 0.1) is 10.5 Å². The molecule has 6 heteroatoms. The molecule has 116 valence electrons. The van der Waals surface area contributed by atoms with Gasteiger partial charge in [0.25, 0.3) is 5.91 Å². The number of carbonyl (C=O) groups excluding carboxylic acids is 2. The molecule has 1 aromatic carbocycles. The number of rotatable bonds is 5. The molecule has 0 atom stereocenters. The SMILES string of the molecule is Cc1ccc(CN(C)C(=O)CNC(=O)c2ccccc2I)o1. The molecule has 0 aliphatic rings. The third-order valence-corrected chi connectivity index (χ3v) is 4.07. The van der Waals surface area contributed by atoms with Crippen LogP contribution < -0.4 is 5.32 Å². The fraction of sp³-hybridized carbons (Fsp3) is 0.250. The van der Waals surface area contributed by atoms with Crippen LogP contribution in [0.15, 0.2) is 40.8 Å². The van der Waals surface area contributed by atoms with Gasteiger partial charge in [0.2, 0.25) is 5.91 Å². The molecule has 0 fully saturated rings. The van der Waals surface area contributed by atoms with E-state index in [1.54, 1.807) is 19.2 Å². The van der Waals surface area contributed by atoms with Crippen molar-refractivity contribution in [3.63, 3.8) is 0 Å². The fourth-order valence-corrected chi connectivity index (χ4v) is 2.56. The Balaban J connectivity index is 1.87. The molecule has 0 aliphatic heterocycles. The Labute approximate surface area is 142 Å². The van der Waals surface area contributed by atoms with E-state index in [4.69, 9.17) is 4.42 Å². The monoisotopic (exact) mass is 412 g/mol. The Morgan fingerprint density at radius 1 is 1.23 bits per heavy atom. The first kappa shape index (κ1) is 16.5. The second kappa shape index (κ2) is 7.44. The fourth-order valence-electron chi connectivity index (χ4n) is 1.92. The third kappa shape index (κ3) is 4.33. The van der Waals surface area contributed by atoms with Crippen LogP contribution in [0.25, 0.3) is 0 Å². The summed E-state index contributed by atoms with van der Waals surface area (Å²) >= 11 is 2.09. The van der Waals surface area contributed by atoms with Crippen LogP contribution in [0.4, 0.5) is 0 Å².